The van der Waals surface area contributed by atoms with Crippen LogP contribution in [0.3, 0.4) is 0 Å². The van der Waals surface area contributed by atoms with E-state index in [-0.39, 0.29) is 23.0 Å². The number of nitrogens with zero attached hydrogens (tertiary/aromatic N) is 2. The van der Waals surface area contributed by atoms with Crippen LogP contribution in [-0.2, 0) is 9.53 Å². The molecule has 5 rings (SSSR count). The van der Waals surface area contributed by atoms with Gasteiger partial charge in [0.25, 0.3) is 0 Å². The van der Waals surface area contributed by atoms with Crippen molar-refractivity contribution in [2.24, 2.45) is 34.5 Å². The molecule has 7 atom stereocenters. The molecule has 0 aliphatic heterocycles. The fourth-order valence-electron chi connectivity index (χ4n) is 7.53. The van der Waals surface area contributed by atoms with Crippen molar-refractivity contribution in [2.75, 3.05) is 0 Å². The van der Waals surface area contributed by atoms with Gasteiger partial charge in [-0.3, -0.25) is 4.79 Å². The van der Waals surface area contributed by atoms with Gasteiger partial charge in [0, 0.05) is 24.2 Å². The molecule has 0 N–H and O–H groups in total. The number of imidazole rings is 1. The average Bonchev–Trinajstić information content (AvgIpc) is 3.26. The zero-order valence-electron chi connectivity index (χ0n) is 17.8. The fourth-order valence-corrected chi connectivity index (χ4v) is 7.53. The molecule has 1 aromatic rings. The van der Waals surface area contributed by atoms with Crippen molar-refractivity contribution in [3.05, 3.63) is 30.4 Å². The van der Waals surface area contributed by atoms with Gasteiger partial charge in [0.1, 0.15) is 11.9 Å². The zero-order valence-corrected chi connectivity index (χ0v) is 17.8. The standard InChI is InChI=1S/C24H32N2O3/c1-15-25-12-13-26(15)22(28)29-21-7-6-19-18-5-4-16-14-17(27)8-10-23(16,2)20(18)9-11-24(19,21)3/h8,10,12-13,16,18-21H,4-7,9,11,14H2,1-3H3/t16-,18-,19-,20-,21-,23-,24-/m0/s1. The van der Waals surface area contributed by atoms with Crippen molar-refractivity contribution < 1.29 is 14.3 Å². The number of aryl methyl sites for hydroxylation is 1. The van der Waals surface area contributed by atoms with Gasteiger partial charge in [0.2, 0.25) is 0 Å². The number of hydrogen-bond acceptors (Lipinski definition) is 4. The van der Waals surface area contributed by atoms with Gasteiger partial charge in [-0.25, -0.2) is 14.3 Å². The van der Waals surface area contributed by atoms with Crippen molar-refractivity contribution in [3.63, 3.8) is 0 Å². The molecular weight excluding hydrogens is 364 g/mol. The van der Waals surface area contributed by atoms with Crippen LogP contribution in [0.1, 0.15) is 64.6 Å². The highest BCUT2D eigenvalue weighted by atomic mass is 16.6. The lowest BCUT2D eigenvalue weighted by Crippen LogP contribution is -2.53. The van der Waals surface area contributed by atoms with E-state index in [1.54, 1.807) is 12.4 Å². The molecule has 5 heteroatoms. The molecule has 0 unspecified atom stereocenters. The number of carbonyl (C=O) groups is 2. The number of carbonyl (C=O) groups excluding carboxylic acids is 2. The molecule has 0 spiro atoms. The topological polar surface area (TPSA) is 61.2 Å². The number of ketones is 1. The van der Waals surface area contributed by atoms with Gasteiger partial charge in [0.05, 0.1) is 0 Å². The Morgan fingerprint density at radius 2 is 2.00 bits per heavy atom. The van der Waals surface area contributed by atoms with E-state index in [0.29, 0.717) is 35.3 Å². The second-order valence-corrected chi connectivity index (χ2v) is 10.4. The average molecular weight is 397 g/mol. The first-order valence-electron chi connectivity index (χ1n) is 11.3. The third-order valence-electron chi connectivity index (χ3n) is 9.22. The predicted molar refractivity (Wildman–Crippen MR) is 109 cm³/mol. The molecular formula is C24H32N2O3. The molecule has 4 aliphatic rings. The van der Waals surface area contributed by atoms with E-state index in [9.17, 15) is 9.59 Å². The molecule has 0 radical (unpaired) electrons. The second-order valence-electron chi connectivity index (χ2n) is 10.4. The van der Waals surface area contributed by atoms with Gasteiger partial charge in [-0.05, 0) is 80.6 Å². The molecule has 4 aliphatic carbocycles. The minimum absolute atomic E-state index is 0.0169. The number of aromatic nitrogens is 2. The van der Waals surface area contributed by atoms with Crippen LogP contribution >= 0.6 is 0 Å². The molecule has 1 aromatic heterocycles. The summed E-state index contributed by atoms with van der Waals surface area (Å²) in [5.41, 5.74) is 0.212. The quantitative estimate of drug-likeness (QED) is 0.675. The minimum atomic E-state index is -0.293. The summed E-state index contributed by atoms with van der Waals surface area (Å²) in [4.78, 5) is 28.8. The van der Waals surface area contributed by atoms with Gasteiger partial charge < -0.3 is 4.74 Å². The summed E-state index contributed by atoms with van der Waals surface area (Å²) in [7, 11) is 0. The summed E-state index contributed by atoms with van der Waals surface area (Å²) in [6, 6.07) is 0. The molecule has 0 aromatic carbocycles. The van der Waals surface area contributed by atoms with Crippen LogP contribution in [0, 0.1) is 41.4 Å². The van der Waals surface area contributed by atoms with E-state index < -0.39 is 0 Å². The minimum Gasteiger partial charge on any atom is -0.445 e. The molecule has 156 valence electrons. The third kappa shape index (κ3) is 2.76. The van der Waals surface area contributed by atoms with E-state index in [0.717, 1.165) is 32.1 Å². The maximum Gasteiger partial charge on any atom is 0.419 e. The number of allylic oxidation sites excluding steroid dienone is 2. The van der Waals surface area contributed by atoms with E-state index in [1.807, 2.05) is 13.0 Å². The lowest BCUT2D eigenvalue weighted by atomic mass is 9.46. The maximum absolute atomic E-state index is 12.7. The molecule has 3 fully saturated rings. The Morgan fingerprint density at radius 3 is 2.76 bits per heavy atom. The molecule has 1 heterocycles. The maximum atomic E-state index is 12.7. The fraction of sp³-hybridized carbons (Fsp3) is 0.708. The molecule has 3 saturated carbocycles. The highest BCUT2D eigenvalue weighted by Gasteiger charge is 2.60. The van der Waals surface area contributed by atoms with Gasteiger partial charge in [0.15, 0.2) is 5.78 Å². The zero-order chi connectivity index (χ0) is 20.4. The second kappa shape index (κ2) is 6.55. The summed E-state index contributed by atoms with van der Waals surface area (Å²) < 4.78 is 7.57. The molecule has 5 nitrogen and oxygen atoms in total. The first kappa shape index (κ1) is 19.1. The highest BCUT2D eigenvalue weighted by molar-refractivity contribution is 5.91. The Kier molecular flexibility index (Phi) is 4.31. The van der Waals surface area contributed by atoms with Gasteiger partial charge in [-0.2, -0.15) is 0 Å². The van der Waals surface area contributed by atoms with Gasteiger partial charge in [-0.1, -0.05) is 19.9 Å². The number of hydrogen-bond donors (Lipinski definition) is 0. The Labute approximate surface area is 172 Å². The lowest BCUT2D eigenvalue weighted by molar-refractivity contribution is -0.123. The van der Waals surface area contributed by atoms with Crippen LogP contribution in [0.15, 0.2) is 24.5 Å². The van der Waals surface area contributed by atoms with Crippen molar-refractivity contribution in [3.8, 4) is 0 Å². The third-order valence-corrected chi connectivity index (χ3v) is 9.22. The Morgan fingerprint density at radius 1 is 1.17 bits per heavy atom. The summed E-state index contributed by atoms with van der Waals surface area (Å²) in [5, 5.41) is 0. The Bertz CT molecular complexity index is 873. The Balaban J connectivity index is 1.37. The van der Waals surface area contributed by atoms with Crippen LogP contribution < -0.4 is 0 Å². The van der Waals surface area contributed by atoms with Crippen molar-refractivity contribution in [1.29, 1.82) is 0 Å². The largest absolute Gasteiger partial charge is 0.445 e. The van der Waals surface area contributed by atoms with Crippen LogP contribution in [0.5, 0.6) is 0 Å². The number of fused-ring (bicyclic) bond motifs is 5. The molecule has 29 heavy (non-hydrogen) atoms. The van der Waals surface area contributed by atoms with Crippen LogP contribution in [0.2, 0.25) is 0 Å². The van der Waals surface area contributed by atoms with Crippen molar-refractivity contribution >= 4 is 11.9 Å². The smallest absolute Gasteiger partial charge is 0.419 e. The lowest BCUT2D eigenvalue weighted by Gasteiger charge is -2.58. The number of rotatable bonds is 1. The van der Waals surface area contributed by atoms with E-state index >= 15 is 0 Å². The summed E-state index contributed by atoms with van der Waals surface area (Å²) in [6.45, 7) is 6.58. The predicted octanol–water partition coefficient (Wildman–Crippen LogP) is 4.93. The van der Waals surface area contributed by atoms with E-state index in [4.69, 9.17) is 4.74 Å². The SMILES string of the molecule is Cc1nccn1C(=O)O[C@H]1CC[C@H]2[C@@H]3CC[C@H]4CC(=O)C=C[C@]4(C)[C@H]3CC[C@]12C. The van der Waals surface area contributed by atoms with Gasteiger partial charge in [-0.15, -0.1) is 0 Å². The Hall–Kier alpha value is -1.91. The first-order chi connectivity index (χ1) is 13.8. The van der Waals surface area contributed by atoms with Crippen LogP contribution in [0.4, 0.5) is 4.79 Å². The monoisotopic (exact) mass is 396 g/mol. The summed E-state index contributed by atoms with van der Waals surface area (Å²) in [6.07, 6.45) is 14.6. The molecule has 0 saturated heterocycles. The highest BCUT2D eigenvalue weighted by Crippen LogP contribution is 2.65. The molecule has 0 bridgehead atoms. The first-order valence-corrected chi connectivity index (χ1v) is 11.3. The van der Waals surface area contributed by atoms with E-state index in [2.05, 4.69) is 24.9 Å². The van der Waals surface area contributed by atoms with Crippen LogP contribution in [-0.4, -0.2) is 27.5 Å². The van der Waals surface area contributed by atoms with Crippen LogP contribution in [0.25, 0.3) is 0 Å². The number of ether oxygens (including phenoxy) is 1. The summed E-state index contributed by atoms with van der Waals surface area (Å²) in [5.74, 6) is 3.40. The van der Waals surface area contributed by atoms with Crippen molar-refractivity contribution in [2.45, 2.75) is 71.8 Å². The molecule has 0 amide bonds. The normalized spacial score (nSPS) is 43.4. The summed E-state index contributed by atoms with van der Waals surface area (Å²) >= 11 is 0. The van der Waals surface area contributed by atoms with Gasteiger partial charge >= 0.3 is 6.09 Å². The van der Waals surface area contributed by atoms with Crippen molar-refractivity contribution in [1.82, 2.24) is 9.55 Å². The van der Waals surface area contributed by atoms with E-state index in [1.165, 1.54) is 17.4 Å².